The Kier molecular flexibility index (Phi) is 5.72. The van der Waals surface area contributed by atoms with Crippen molar-refractivity contribution in [2.45, 2.75) is 20.1 Å². The quantitative estimate of drug-likeness (QED) is 0.496. The lowest BCUT2D eigenvalue weighted by molar-refractivity contribution is 0.0951. The number of aliphatic hydroxyl groups is 1. The topological polar surface area (TPSA) is 88.8 Å². The second-order valence-corrected chi connectivity index (χ2v) is 6.70. The molecule has 0 atom stereocenters. The molecule has 0 radical (unpaired) electrons. The van der Waals surface area contributed by atoms with Crippen molar-refractivity contribution in [1.82, 2.24) is 19.7 Å². The summed E-state index contributed by atoms with van der Waals surface area (Å²) >= 11 is 0. The van der Waals surface area contributed by atoms with E-state index >= 15 is 0 Å². The minimum absolute atomic E-state index is 0.221. The van der Waals surface area contributed by atoms with Crippen molar-refractivity contribution in [3.8, 4) is 17.0 Å². The predicted molar refractivity (Wildman–Crippen MR) is 113 cm³/mol. The fourth-order valence-corrected chi connectivity index (χ4v) is 3.27. The molecule has 1 amide bonds. The largest absolute Gasteiger partial charge is 0.485 e. The highest BCUT2D eigenvalue weighted by molar-refractivity contribution is 5.92. The number of amides is 1. The third-order valence-electron chi connectivity index (χ3n) is 4.68. The second kappa shape index (κ2) is 8.75. The van der Waals surface area contributed by atoms with Crippen molar-refractivity contribution in [3.05, 3.63) is 83.9 Å². The number of carbonyl (C=O) groups excluding carboxylic acids is 1. The number of rotatable bonds is 7. The van der Waals surface area contributed by atoms with Crippen LogP contribution in [0.5, 0.6) is 5.75 Å². The normalized spacial score (nSPS) is 10.9. The van der Waals surface area contributed by atoms with Crippen LogP contribution in [-0.2, 0) is 13.2 Å². The Hall–Kier alpha value is -3.71. The van der Waals surface area contributed by atoms with E-state index in [1.54, 1.807) is 18.3 Å². The van der Waals surface area contributed by atoms with Crippen LogP contribution in [0.4, 0.5) is 0 Å². The van der Waals surface area contributed by atoms with E-state index in [2.05, 4.69) is 15.3 Å². The number of nitrogens with zero attached hydrogens (tertiary/aromatic N) is 3. The number of ether oxygens (including phenoxy) is 1. The van der Waals surface area contributed by atoms with Gasteiger partial charge < -0.3 is 15.2 Å². The Balaban J connectivity index is 1.69. The molecule has 30 heavy (non-hydrogen) atoms. The van der Waals surface area contributed by atoms with Crippen molar-refractivity contribution in [3.63, 3.8) is 0 Å². The lowest BCUT2D eigenvalue weighted by Crippen LogP contribution is -2.23. The van der Waals surface area contributed by atoms with Crippen LogP contribution in [0.25, 0.3) is 16.9 Å². The number of hydrogen-bond donors (Lipinski definition) is 2. The molecule has 0 bridgehead atoms. The molecular weight excluding hydrogens is 380 g/mol. The summed E-state index contributed by atoms with van der Waals surface area (Å²) in [7, 11) is 0. The summed E-state index contributed by atoms with van der Waals surface area (Å²) in [4.78, 5) is 20.8. The molecule has 0 saturated carbocycles. The number of fused-ring (bicyclic) bond motifs is 1. The monoisotopic (exact) mass is 402 g/mol. The summed E-state index contributed by atoms with van der Waals surface area (Å²) in [6.45, 7) is 2.58. The lowest BCUT2D eigenvalue weighted by Gasteiger charge is -2.09. The Morgan fingerprint density at radius 1 is 1.13 bits per heavy atom. The van der Waals surface area contributed by atoms with Gasteiger partial charge >= 0.3 is 0 Å². The van der Waals surface area contributed by atoms with Crippen molar-refractivity contribution < 1.29 is 14.6 Å². The van der Waals surface area contributed by atoms with E-state index in [0.717, 1.165) is 11.1 Å². The summed E-state index contributed by atoms with van der Waals surface area (Å²) in [5.74, 6) is 0.398. The van der Waals surface area contributed by atoms with Gasteiger partial charge in [0.05, 0.1) is 18.0 Å². The molecule has 0 aliphatic carbocycles. The van der Waals surface area contributed by atoms with Crippen molar-refractivity contribution >= 4 is 11.6 Å². The van der Waals surface area contributed by atoms with Crippen LogP contribution in [0.2, 0.25) is 0 Å². The Labute approximate surface area is 174 Å². The number of nitrogens with one attached hydrogen (secondary N) is 1. The van der Waals surface area contributed by atoms with Gasteiger partial charge in [-0.1, -0.05) is 30.3 Å². The highest BCUT2D eigenvalue weighted by Crippen LogP contribution is 2.29. The van der Waals surface area contributed by atoms with Gasteiger partial charge in [-0.25, -0.2) is 4.98 Å². The van der Waals surface area contributed by atoms with Crippen LogP contribution in [0.3, 0.4) is 0 Å². The zero-order valence-corrected chi connectivity index (χ0v) is 16.6. The first-order valence-corrected chi connectivity index (χ1v) is 9.73. The molecule has 152 valence electrons. The molecule has 0 fully saturated rings. The van der Waals surface area contributed by atoms with Crippen molar-refractivity contribution in [2.75, 3.05) is 6.54 Å². The lowest BCUT2D eigenvalue weighted by atomic mass is 10.1. The van der Waals surface area contributed by atoms with Crippen LogP contribution < -0.4 is 10.1 Å². The van der Waals surface area contributed by atoms with Crippen molar-refractivity contribution in [1.29, 1.82) is 0 Å². The molecular formula is C23H22N4O3. The molecule has 0 aliphatic heterocycles. The fourth-order valence-electron chi connectivity index (χ4n) is 3.27. The van der Waals surface area contributed by atoms with Gasteiger partial charge in [0.25, 0.3) is 5.91 Å². The zero-order chi connectivity index (χ0) is 20.9. The number of carbonyl (C=O) groups is 1. The van der Waals surface area contributed by atoms with Gasteiger partial charge in [0.2, 0.25) is 0 Å². The number of aromatic nitrogens is 3. The molecule has 3 heterocycles. The van der Waals surface area contributed by atoms with Crippen molar-refractivity contribution in [2.24, 2.45) is 0 Å². The fraction of sp³-hybridized carbons (Fsp3) is 0.174. The molecule has 3 aromatic heterocycles. The second-order valence-electron chi connectivity index (χ2n) is 6.70. The van der Waals surface area contributed by atoms with Gasteiger partial charge in [0.1, 0.15) is 12.3 Å². The Morgan fingerprint density at radius 3 is 2.67 bits per heavy atom. The van der Waals surface area contributed by atoms with Gasteiger partial charge in [0.15, 0.2) is 11.4 Å². The van der Waals surface area contributed by atoms with Crippen LogP contribution in [-0.4, -0.2) is 31.9 Å². The zero-order valence-electron chi connectivity index (χ0n) is 16.6. The summed E-state index contributed by atoms with van der Waals surface area (Å²) in [5, 5.41) is 12.6. The SMILES string of the molecule is CCNC(=O)c1ccc(-c2c(CO)nc3c(OCc4ccccc4)cccn23)cn1. The van der Waals surface area contributed by atoms with Gasteiger partial charge in [-0.2, -0.15) is 0 Å². The smallest absolute Gasteiger partial charge is 0.269 e. The van der Waals surface area contributed by atoms with Gasteiger partial charge in [0, 0.05) is 24.5 Å². The van der Waals surface area contributed by atoms with E-state index in [0.29, 0.717) is 41.6 Å². The summed E-state index contributed by atoms with van der Waals surface area (Å²) in [6, 6.07) is 17.1. The molecule has 0 aliphatic rings. The van der Waals surface area contributed by atoms with E-state index in [4.69, 9.17) is 4.74 Å². The first-order chi connectivity index (χ1) is 14.7. The maximum atomic E-state index is 12.0. The van der Waals surface area contributed by atoms with Gasteiger partial charge in [-0.3, -0.25) is 14.2 Å². The Bertz CT molecular complexity index is 1150. The molecule has 4 rings (SSSR count). The third kappa shape index (κ3) is 3.88. The highest BCUT2D eigenvalue weighted by atomic mass is 16.5. The maximum Gasteiger partial charge on any atom is 0.269 e. The van der Waals surface area contributed by atoms with E-state index in [1.807, 2.05) is 60.0 Å². The van der Waals surface area contributed by atoms with Gasteiger partial charge in [-0.05, 0) is 36.8 Å². The van der Waals surface area contributed by atoms with E-state index in [9.17, 15) is 9.90 Å². The minimum Gasteiger partial charge on any atom is -0.485 e. The molecule has 1 aromatic carbocycles. The number of imidazole rings is 1. The van der Waals surface area contributed by atoms with E-state index in [1.165, 1.54) is 0 Å². The number of pyridine rings is 2. The van der Waals surface area contributed by atoms with Crippen LogP contribution in [0.1, 0.15) is 28.7 Å². The molecule has 0 unspecified atom stereocenters. The molecule has 7 heteroatoms. The van der Waals surface area contributed by atoms with Gasteiger partial charge in [-0.15, -0.1) is 0 Å². The molecule has 0 spiro atoms. The van der Waals surface area contributed by atoms with Crippen LogP contribution in [0.15, 0.2) is 67.0 Å². The first-order valence-electron chi connectivity index (χ1n) is 9.73. The van der Waals surface area contributed by atoms with Crippen LogP contribution in [0, 0.1) is 0 Å². The summed E-state index contributed by atoms with van der Waals surface area (Å²) in [6.07, 6.45) is 3.48. The summed E-state index contributed by atoms with van der Waals surface area (Å²) < 4.78 is 7.87. The average Bonchev–Trinajstić information content (AvgIpc) is 3.18. The third-order valence-corrected chi connectivity index (χ3v) is 4.68. The van der Waals surface area contributed by atoms with E-state index in [-0.39, 0.29) is 12.5 Å². The molecule has 0 saturated heterocycles. The molecule has 7 nitrogen and oxygen atoms in total. The summed E-state index contributed by atoms with van der Waals surface area (Å²) in [5.41, 5.74) is 3.98. The molecule has 4 aromatic rings. The minimum atomic E-state index is -0.229. The Morgan fingerprint density at radius 2 is 1.97 bits per heavy atom. The predicted octanol–water partition coefficient (Wildman–Crippen LogP) is 3.22. The highest BCUT2D eigenvalue weighted by Gasteiger charge is 2.17. The molecule has 2 N–H and O–H groups in total. The van der Waals surface area contributed by atoms with Crippen LogP contribution >= 0.6 is 0 Å². The number of benzene rings is 1. The average molecular weight is 402 g/mol. The standard InChI is InChI=1S/C23H22N4O3/c1-2-24-23(29)18-11-10-17(13-25-18)21-19(14-28)26-22-20(9-6-12-27(21)22)30-15-16-7-4-3-5-8-16/h3-13,28H,2,14-15H2,1H3,(H,24,29). The maximum absolute atomic E-state index is 12.0. The number of aliphatic hydroxyl groups excluding tert-OH is 1. The number of hydrogen-bond acceptors (Lipinski definition) is 5. The van der Waals surface area contributed by atoms with E-state index < -0.39 is 0 Å². The first kappa shape index (κ1) is 19.6.